The Morgan fingerprint density at radius 3 is 0.840 bits per heavy atom. The third kappa shape index (κ3) is 7.57. The predicted molar refractivity (Wildman–Crippen MR) is 174 cm³/mol. The van der Waals surface area contributed by atoms with E-state index in [4.69, 9.17) is 0 Å². The molecule has 25 heavy (non-hydrogen) atoms. The number of hydrogen-bond acceptors (Lipinski definition) is 0. The van der Waals surface area contributed by atoms with Crippen LogP contribution in [-0.4, -0.2) is 19.4 Å². The fraction of sp³-hybridized carbons (Fsp3) is 1.00. The van der Waals surface area contributed by atoms with E-state index in [1.165, 1.54) is 0 Å². The number of hydrogen-bond donors (Lipinski definition) is 0. The van der Waals surface area contributed by atoms with Crippen molar-refractivity contribution in [2.24, 2.45) is 5.92 Å². The second-order valence-corrected chi connectivity index (χ2v) is 38.9. The Labute approximate surface area is 289 Å². The largest absolute Gasteiger partial charge is 0.162 e. The van der Waals surface area contributed by atoms with Gasteiger partial charge in [0.05, 0.1) is 5.92 Å². The number of alkyl halides is 17. The van der Waals surface area contributed by atoms with Crippen molar-refractivity contribution in [1.82, 2.24) is 0 Å². The van der Waals surface area contributed by atoms with E-state index in [1.807, 2.05) is 0 Å². The van der Waals surface area contributed by atoms with Crippen LogP contribution < -0.4 is 0 Å². The molecule has 17 heteroatoms. The summed E-state index contributed by atoms with van der Waals surface area (Å²) in [6.07, 6.45) is 0. The fourth-order valence-corrected chi connectivity index (χ4v) is 21.4. The molecule has 0 aliphatic carbocycles. The summed E-state index contributed by atoms with van der Waals surface area (Å²) in [7, 11) is 0. The average Bonchev–Trinajstić information content (AvgIpc) is 2.21. The molecular formula is C8HBr17. The van der Waals surface area contributed by atoms with Gasteiger partial charge in [-0.25, -0.2) is 0 Å². The molecule has 0 unspecified atom stereocenters. The summed E-state index contributed by atoms with van der Waals surface area (Å²) in [5.74, 6) is -0.299. The molecule has 0 saturated carbocycles. The maximum Gasteiger partial charge on any atom is 0.162 e. The van der Waals surface area contributed by atoms with Crippen LogP contribution >= 0.6 is 271 Å². The molecule has 152 valence electrons. The van der Waals surface area contributed by atoms with Crippen LogP contribution in [-0.2, 0) is 0 Å². The van der Waals surface area contributed by atoms with Gasteiger partial charge < -0.3 is 0 Å². The first-order valence-corrected chi connectivity index (χ1v) is 18.6. The number of rotatable bonds is 4. The van der Waals surface area contributed by atoms with Crippen LogP contribution in [0.3, 0.4) is 0 Å². The van der Waals surface area contributed by atoms with Gasteiger partial charge in [0, 0.05) is 0 Å². The predicted octanol–water partition coefficient (Wildman–Crippen LogP) is 13.1. The van der Waals surface area contributed by atoms with Gasteiger partial charge in [-0.1, -0.05) is 271 Å². The van der Waals surface area contributed by atoms with E-state index in [-0.39, 0.29) is 5.92 Å². The monoisotopic (exact) mass is 1440 g/mol. The average molecular weight is 1460 g/mol. The van der Waals surface area contributed by atoms with E-state index < -0.39 is 19.4 Å². The maximum absolute atomic E-state index is 3.83. The third-order valence-corrected chi connectivity index (χ3v) is 26.0. The zero-order valence-corrected chi connectivity index (χ0v) is 37.5. The fourth-order valence-electron chi connectivity index (χ4n) is 1.36. The van der Waals surface area contributed by atoms with E-state index in [0.717, 1.165) is 0 Å². The minimum absolute atomic E-state index is 0.299. The molecule has 0 heterocycles. The molecule has 0 spiro atoms. The molecule has 0 bridgehead atoms. The molecule has 0 aliphatic heterocycles. The molecule has 0 nitrogen and oxygen atoms in total. The Balaban J connectivity index is 6.56. The highest BCUT2D eigenvalue weighted by molar-refractivity contribution is 9.42. The van der Waals surface area contributed by atoms with Crippen LogP contribution in [0.5, 0.6) is 0 Å². The second kappa shape index (κ2) is 11.0. The first-order chi connectivity index (χ1) is 10.4. The molecular weight excluding hydrogens is 1450 g/mol. The van der Waals surface area contributed by atoms with Gasteiger partial charge in [0.25, 0.3) is 0 Å². The van der Waals surface area contributed by atoms with Crippen molar-refractivity contribution in [2.45, 2.75) is 19.4 Å². The minimum atomic E-state index is -0.903. The van der Waals surface area contributed by atoms with Crippen LogP contribution in [0, 0.1) is 5.92 Å². The summed E-state index contributed by atoms with van der Waals surface area (Å²) in [5.41, 5.74) is 0. The van der Waals surface area contributed by atoms with Gasteiger partial charge >= 0.3 is 0 Å². The van der Waals surface area contributed by atoms with E-state index in [9.17, 15) is 0 Å². The summed E-state index contributed by atoms with van der Waals surface area (Å²) >= 11 is 62.7. The molecule has 0 aromatic heterocycles. The second-order valence-electron chi connectivity index (χ2n) is 4.36. The highest BCUT2D eigenvalue weighted by Gasteiger charge is 2.73. The van der Waals surface area contributed by atoms with Gasteiger partial charge in [-0.2, -0.15) is 0 Å². The van der Waals surface area contributed by atoms with Crippen molar-refractivity contribution in [1.29, 1.82) is 0 Å². The van der Waals surface area contributed by atoms with Crippen molar-refractivity contribution in [2.75, 3.05) is 0 Å². The summed E-state index contributed by atoms with van der Waals surface area (Å²) < 4.78 is -5.61. The third-order valence-electron chi connectivity index (χ3n) is 2.58. The van der Waals surface area contributed by atoms with Gasteiger partial charge in [-0.3, -0.25) is 0 Å². The summed E-state index contributed by atoms with van der Waals surface area (Å²) in [6, 6.07) is 0. The molecule has 0 radical (unpaired) electrons. The quantitative estimate of drug-likeness (QED) is 0.246. The molecule has 0 amide bonds. The van der Waals surface area contributed by atoms with Crippen LogP contribution in [0.25, 0.3) is 0 Å². The lowest BCUT2D eigenvalue weighted by Gasteiger charge is -2.55. The standard InChI is InChI=1S/C8HBr17/c9-2(10,1(3(11,12)13)4(14,15)16)5(17,18)6(19,20)7(21,22)8(23,24)25/h1H. The van der Waals surface area contributed by atoms with Crippen molar-refractivity contribution in [3.8, 4) is 0 Å². The van der Waals surface area contributed by atoms with Gasteiger partial charge in [-0.05, 0) is 0 Å². The molecule has 0 rings (SSSR count). The first-order valence-electron chi connectivity index (χ1n) is 5.08. The highest BCUT2D eigenvalue weighted by Crippen LogP contribution is 2.76. The zero-order chi connectivity index (χ0) is 21.1. The molecule has 0 N–H and O–H groups in total. The highest BCUT2D eigenvalue weighted by atomic mass is 80.0. The van der Waals surface area contributed by atoms with E-state index >= 15 is 0 Å². The molecule has 0 aromatic carbocycles. The Hall–Kier alpha value is 8.16. The smallest absolute Gasteiger partial charge is 0.0696 e. The lowest BCUT2D eigenvalue weighted by Crippen LogP contribution is -2.63. The van der Waals surface area contributed by atoms with Gasteiger partial charge in [-0.15, -0.1) is 0 Å². The zero-order valence-electron chi connectivity index (χ0n) is 10.5. The Bertz CT molecular complexity index is 458. The van der Waals surface area contributed by atoms with E-state index in [0.29, 0.717) is 0 Å². The maximum atomic E-state index is 3.83. The molecule has 0 aromatic rings. The van der Waals surface area contributed by atoms with Crippen molar-refractivity contribution >= 4 is 271 Å². The minimum Gasteiger partial charge on any atom is -0.0696 e. The molecule has 0 aliphatic rings. The van der Waals surface area contributed by atoms with Crippen LogP contribution in [0.2, 0.25) is 0 Å². The van der Waals surface area contributed by atoms with Gasteiger partial charge in [0.2, 0.25) is 0 Å². The van der Waals surface area contributed by atoms with Gasteiger partial charge in [0.1, 0.15) is 17.2 Å². The Morgan fingerprint density at radius 2 is 0.640 bits per heavy atom. The van der Waals surface area contributed by atoms with Crippen molar-refractivity contribution < 1.29 is 0 Å². The molecule has 0 fully saturated rings. The normalized spacial score (nSPS) is 16.6. The molecule has 0 saturated heterocycles. The lowest BCUT2D eigenvalue weighted by molar-refractivity contribution is 0.507. The van der Waals surface area contributed by atoms with Gasteiger partial charge in [0.15, 0.2) is 2.14 Å². The van der Waals surface area contributed by atoms with Crippen molar-refractivity contribution in [3.05, 3.63) is 0 Å². The number of halogens is 17. The Kier molecular flexibility index (Phi) is 14.7. The Morgan fingerprint density at radius 1 is 0.360 bits per heavy atom. The summed E-state index contributed by atoms with van der Waals surface area (Å²) in [4.78, 5) is 0. The van der Waals surface area contributed by atoms with Crippen LogP contribution in [0.1, 0.15) is 0 Å². The van der Waals surface area contributed by atoms with E-state index in [1.54, 1.807) is 0 Å². The SMILES string of the molecule is BrC(Br)(Br)C(C(Br)(Br)Br)C(Br)(Br)C(Br)(Br)C(Br)(Br)C(Br)(Br)C(Br)(Br)Br. The van der Waals surface area contributed by atoms with Crippen LogP contribution in [0.4, 0.5) is 0 Å². The lowest BCUT2D eigenvalue weighted by atomic mass is 10.0. The summed E-state index contributed by atoms with van der Waals surface area (Å²) in [6.45, 7) is 0. The summed E-state index contributed by atoms with van der Waals surface area (Å²) in [5, 5.41) is 0. The topological polar surface area (TPSA) is 0 Å². The molecule has 0 atom stereocenters. The van der Waals surface area contributed by atoms with E-state index in [2.05, 4.69) is 271 Å². The first kappa shape index (κ1) is 33.2. The van der Waals surface area contributed by atoms with Crippen LogP contribution in [0.15, 0.2) is 0 Å². The van der Waals surface area contributed by atoms with Crippen molar-refractivity contribution in [3.63, 3.8) is 0 Å².